The highest BCUT2D eigenvalue weighted by atomic mass is 16.5. The maximum Gasteiger partial charge on any atom is 0.256 e. The molecule has 19 heavy (non-hydrogen) atoms. The van der Waals surface area contributed by atoms with Crippen LogP contribution < -0.4 is 15.8 Å². The number of rotatable bonds is 3. The van der Waals surface area contributed by atoms with Gasteiger partial charge in [0.05, 0.1) is 12.8 Å². The number of aromatic nitrogens is 1. The van der Waals surface area contributed by atoms with Crippen molar-refractivity contribution in [1.29, 1.82) is 0 Å². The van der Waals surface area contributed by atoms with Crippen molar-refractivity contribution in [3.8, 4) is 11.5 Å². The lowest BCUT2D eigenvalue weighted by Gasteiger charge is -2.08. The smallest absolute Gasteiger partial charge is 0.256 e. The standard InChI is InChI=1S/C13H13N3O3/c1-19-11-5-4-8(7-9(11)14)13(18)16-12-10(17)3-2-6-15-12/h2-7,17H,14H2,1H3,(H,15,16,18). The minimum Gasteiger partial charge on any atom is -0.504 e. The molecule has 98 valence electrons. The first-order valence-electron chi connectivity index (χ1n) is 5.50. The number of amides is 1. The van der Waals surface area contributed by atoms with E-state index >= 15 is 0 Å². The second kappa shape index (κ2) is 5.26. The van der Waals surface area contributed by atoms with E-state index in [1.165, 1.54) is 25.4 Å². The number of nitrogens with zero attached hydrogens (tertiary/aromatic N) is 1. The van der Waals surface area contributed by atoms with E-state index in [9.17, 15) is 9.90 Å². The van der Waals surface area contributed by atoms with Gasteiger partial charge in [0, 0.05) is 11.8 Å². The maximum absolute atomic E-state index is 12.0. The van der Waals surface area contributed by atoms with Crippen LogP contribution >= 0.6 is 0 Å². The average Bonchev–Trinajstić information content (AvgIpc) is 2.41. The topological polar surface area (TPSA) is 97.5 Å². The Morgan fingerprint density at radius 1 is 1.42 bits per heavy atom. The number of hydrogen-bond acceptors (Lipinski definition) is 5. The third-order valence-corrected chi connectivity index (χ3v) is 2.51. The largest absolute Gasteiger partial charge is 0.504 e. The number of hydrogen-bond donors (Lipinski definition) is 3. The molecule has 0 saturated heterocycles. The molecule has 1 heterocycles. The van der Waals surface area contributed by atoms with Gasteiger partial charge in [0.1, 0.15) is 5.75 Å². The van der Waals surface area contributed by atoms with Crippen molar-refractivity contribution >= 4 is 17.4 Å². The zero-order valence-corrected chi connectivity index (χ0v) is 10.3. The van der Waals surface area contributed by atoms with Crippen LogP contribution in [0.4, 0.5) is 11.5 Å². The summed E-state index contributed by atoms with van der Waals surface area (Å²) in [5.74, 6) is 0.0832. The molecule has 0 radical (unpaired) electrons. The molecule has 1 amide bonds. The Bertz CT molecular complexity index is 614. The highest BCUT2D eigenvalue weighted by Gasteiger charge is 2.11. The van der Waals surface area contributed by atoms with Crippen LogP contribution in [-0.4, -0.2) is 23.1 Å². The second-order valence-corrected chi connectivity index (χ2v) is 3.78. The minimum absolute atomic E-state index is 0.0990. The minimum atomic E-state index is -0.414. The Kier molecular flexibility index (Phi) is 3.51. The summed E-state index contributed by atoms with van der Waals surface area (Å²) in [6.07, 6.45) is 1.47. The molecule has 6 nitrogen and oxygen atoms in total. The lowest BCUT2D eigenvalue weighted by molar-refractivity contribution is 0.102. The SMILES string of the molecule is COc1ccc(C(=O)Nc2ncccc2O)cc1N. The molecule has 0 unspecified atom stereocenters. The molecule has 6 heteroatoms. The normalized spacial score (nSPS) is 9.95. The highest BCUT2D eigenvalue weighted by molar-refractivity contribution is 6.05. The van der Waals surface area contributed by atoms with Gasteiger partial charge < -0.3 is 20.9 Å². The van der Waals surface area contributed by atoms with Gasteiger partial charge in [0.2, 0.25) is 0 Å². The van der Waals surface area contributed by atoms with Gasteiger partial charge in [-0.2, -0.15) is 0 Å². The average molecular weight is 259 g/mol. The molecule has 4 N–H and O–H groups in total. The predicted octanol–water partition coefficient (Wildman–Crippen LogP) is 1.63. The Hall–Kier alpha value is -2.76. The molecule has 0 fully saturated rings. The number of benzene rings is 1. The van der Waals surface area contributed by atoms with E-state index in [2.05, 4.69) is 10.3 Å². The van der Waals surface area contributed by atoms with Crippen molar-refractivity contribution in [3.05, 3.63) is 42.1 Å². The van der Waals surface area contributed by atoms with Gasteiger partial charge in [-0.1, -0.05) is 0 Å². The van der Waals surface area contributed by atoms with Crippen molar-refractivity contribution < 1.29 is 14.6 Å². The third kappa shape index (κ3) is 2.74. The van der Waals surface area contributed by atoms with E-state index in [4.69, 9.17) is 10.5 Å². The van der Waals surface area contributed by atoms with Crippen molar-refractivity contribution in [2.45, 2.75) is 0 Å². The second-order valence-electron chi connectivity index (χ2n) is 3.78. The van der Waals surface area contributed by atoms with Crippen LogP contribution in [0.3, 0.4) is 0 Å². The van der Waals surface area contributed by atoms with E-state index in [0.29, 0.717) is 17.0 Å². The number of methoxy groups -OCH3 is 1. The molecule has 2 aromatic rings. The van der Waals surface area contributed by atoms with E-state index in [1.807, 2.05) is 0 Å². The fourth-order valence-corrected chi connectivity index (χ4v) is 1.55. The quantitative estimate of drug-likeness (QED) is 0.728. The molecule has 2 rings (SSSR count). The molecule has 0 aliphatic rings. The van der Waals surface area contributed by atoms with Gasteiger partial charge in [-0.3, -0.25) is 4.79 Å². The molecule has 0 bridgehead atoms. The fraction of sp³-hybridized carbons (Fsp3) is 0.0769. The first kappa shape index (κ1) is 12.7. The van der Waals surface area contributed by atoms with Crippen LogP contribution in [0.15, 0.2) is 36.5 Å². The lowest BCUT2D eigenvalue weighted by atomic mass is 10.1. The monoisotopic (exact) mass is 259 g/mol. The summed E-state index contributed by atoms with van der Waals surface area (Å²) < 4.78 is 5.01. The molecule has 0 atom stereocenters. The van der Waals surface area contributed by atoms with Gasteiger partial charge in [0.15, 0.2) is 11.6 Å². The Balaban J connectivity index is 2.21. The van der Waals surface area contributed by atoms with E-state index in [0.717, 1.165) is 0 Å². The Morgan fingerprint density at radius 3 is 2.84 bits per heavy atom. The number of pyridine rings is 1. The van der Waals surface area contributed by atoms with Crippen molar-refractivity contribution in [2.24, 2.45) is 0 Å². The molecule has 1 aromatic heterocycles. The van der Waals surface area contributed by atoms with Crippen LogP contribution in [0.2, 0.25) is 0 Å². The zero-order chi connectivity index (χ0) is 13.8. The van der Waals surface area contributed by atoms with Gasteiger partial charge >= 0.3 is 0 Å². The number of nitrogens with two attached hydrogens (primary N) is 1. The van der Waals surface area contributed by atoms with Crippen LogP contribution in [0, 0.1) is 0 Å². The van der Waals surface area contributed by atoms with Gasteiger partial charge in [-0.25, -0.2) is 4.98 Å². The van der Waals surface area contributed by atoms with E-state index < -0.39 is 5.91 Å². The molecule has 0 aliphatic heterocycles. The first-order chi connectivity index (χ1) is 9.11. The molecular weight excluding hydrogens is 246 g/mol. The number of nitrogen functional groups attached to an aromatic ring is 1. The fourth-order valence-electron chi connectivity index (χ4n) is 1.55. The van der Waals surface area contributed by atoms with E-state index in [-0.39, 0.29) is 11.6 Å². The number of ether oxygens (including phenoxy) is 1. The number of nitrogens with one attached hydrogen (secondary N) is 1. The maximum atomic E-state index is 12.0. The summed E-state index contributed by atoms with van der Waals surface area (Å²) in [5.41, 5.74) is 6.43. The number of aromatic hydroxyl groups is 1. The summed E-state index contributed by atoms with van der Waals surface area (Å²) in [5, 5.41) is 12.0. The number of carbonyl (C=O) groups excluding carboxylic acids is 1. The van der Waals surface area contributed by atoms with Gasteiger partial charge in [-0.15, -0.1) is 0 Å². The molecule has 0 spiro atoms. The molecule has 1 aromatic carbocycles. The number of anilines is 2. The van der Waals surface area contributed by atoms with Gasteiger partial charge in [-0.05, 0) is 30.3 Å². The zero-order valence-electron chi connectivity index (χ0n) is 10.3. The summed E-state index contributed by atoms with van der Waals surface area (Å²) in [6, 6.07) is 7.67. The molecule has 0 aliphatic carbocycles. The van der Waals surface area contributed by atoms with Crippen LogP contribution in [0.5, 0.6) is 11.5 Å². The van der Waals surface area contributed by atoms with Crippen molar-refractivity contribution in [3.63, 3.8) is 0 Å². The summed E-state index contributed by atoms with van der Waals surface area (Å²) in [7, 11) is 1.50. The highest BCUT2D eigenvalue weighted by Crippen LogP contribution is 2.23. The van der Waals surface area contributed by atoms with Crippen molar-refractivity contribution in [2.75, 3.05) is 18.2 Å². The van der Waals surface area contributed by atoms with Gasteiger partial charge in [0.25, 0.3) is 5.91 Å². The van der Waals surface area contributed by atoms with Crippen LogP contribution in [0.25, 0.3) is 0 Å². The predicted molar refractivity (Wildman–Crippen MR) is 71.3 cm³/mol. The summed E-state index contributed by atoms with van der Waals surface area (Å²) in [6.45, 7) is 0. The van der Waals surface area contributed by atoms with Crippen molar-refractivity contribution in [1.82, 2.24) is 4.98 Å². The molecule has 0 saturated carbocycles. The van der Waals surface area contributed by atoms with E-state index in [1.54, 1.807) is 18.2 Å². The summed E-state index contributed by atoms with van der Waals surface area (Å²) >= 11 is 0. The third-order valence-electron chi connectivity index (χ3n) is 2.51. The van der Waals surface area contributed by atoms with Crippen LogP contribution in [-0.2, 0) is 0 Å². The lowest BCUT2D eigenvalue weighted by Crippen LogP contribution is -2.13. The number of carbonyl (C=O) groups is 1. The Labute approximate surface area is 109 Å². The summed E-state index contributed by atoms with van der Waals surface area (Å²) in [4.78, 5) is 15.8. The Morgan fingerprint density at radius 2 is 2.21 bits per heavy atom. The molecular formula is C13H13N3O3. The first-order valence-corrected chi connectivity index (χ1v) is 5.50. The van der Waals surface area contributed by atoms with Crippen LogP contribution in [0.1, 0.15) is 10.4 Å².